The molecule has 0 radical (unpaired) electrons. The Bertz CT molecular complexity index is 398. The number of nitrogens with one attached hydrogen (secondary N) is 1. The van der Waals surface area contributed by atoms with Crippen molar-refractivity contribution in [1.82, 2.24) is 10.2 Å². The van der Waals surface area contributed by atoms with Crippen molar-refractivity contribution in [2.75, 3.05) is 0 Å². The maximum absolute atomic E-state index is 12.2. The largest absolute Gasteiger partial charge is 0.481 e. The molecule has 2 aliphatic rings. The van der Waals surface area contributed by atoms with Crippen LogP contribution in [0.25, 0.3) is 0 Å². The number of carboxylic acid groups (broad SMARTS) is 1. The number of aliphatic carboxylic acids is 1. The average Bonchev–Trinajstić information content (AvgIpc) is 2.83. The standard InChI is InChI=1S/C11H17N3O4/c1-5(13-11(12)18)9(15)14-6-2-3-8(14)7(4-6)10(16)17/h5-8H,2-4H2,1H3,(H,16,17)(H3,12,13,18). The number of hydrogen-bond donors (Lipinski definition) is 3. The number of fused-ring (bicyclic) bond motifs is 2. The molecule has 2 saturated heterocycles. The van der Waals surface area contributed by atoms with E-state index in [9.17, 15) is 14.4 Å². The van der Waals surface area contributed by atoms with Gasteiger partial charge in [-0.15, -0.1) is 0 Å². The summed E-state index contributed by atoms with van der Waals surface area (Å²) in [6.45, 7) is 1.56. The van der Waals surface area contributed by atoms with Gasteiger partial charge in [0.05, 0.1) is 5.92 Å². The zero-order valence-electron chi connectivity index (χ0n) is 10.1. The highest BCUT2D eigenvalue weighted by atomic mass is 16.4. The highest BCUT2D eigenvalue weighted by molar-refractivity contribution is 5.88. The Morgan fingerprint density at radius 1 is 1.39 bits per heavy atom. The van der Waals surface area contributed by atoms with Crippen molar-refractivity contribution in [3.05, 3.63) is 0 Å². The first kappa shape index (κ1) is 12.7. The Labute approximate surface area is 104 Å². The number of rotatable bonds is 3. The molecule has 2 fully saturated rings. The van der Waals surface area contributed by atoms with Crippen LogP contribution in [0, 0.1) is 5.92 Å². The molecule has 4 N–H and O–H groups in total. The number of carbonyl (C=O) groups excluding carboxylic acids is 2. The third-order valence-corrected chi connectivity index (χ3v) is 3.84. The first-order chi connectivity index (χ1) is 8.41. The number of hydrogen-bond acceptors (Lipinski definition) is 3. The highest BCUT2D eigenvalue weighted by Gasteiger charge is 2.51. The summed E-state index contributed by atoms with van der Waals surface area (Å²) in [5, 5.41) is 11.4. The molecule has 0 saturated carbocycles. The van der Waals surface area contributed by atoms with Crippen molar-refractivity contribution in [3.8, 4) is 0 Å². The summed E-state index contributed by atoms with van der Waals surface area (Å²) in [7, 11) is 0. The Balaban J connectivity index is 2.08. The van der Waals surface area contributed by atoms with Gasteiger partial charge in [-0.3, -0.25) is 9.59 Å². The minimum atomic E-state index is -0.851. The number of carbonyl (C=O) groups is 3. The smallest absolute Gasteiger partial charge is 0.312 e. The molecule has 2 heterocycles. The van der Waals surface area contributed by atoms with Crippen LogP contribution in [0.15, 0.2) is 0 Å². The maximum Gasteiger partial charge on any atom is 0.312 e. The van der Waals surface area contributed by atoms with Gasteiger partial charge in [0, 0.05) is 12.1 Å². The Hall–Kier alpha value is -1.79. The first-order valence-corrected chi connectivity index (χ1v) is 6.02. The van der Waals surface area contributed by atoms with Gasteiger partial charge >= 0.3 is 12.0 Å². The Morgan fingerprint density at radius 2 is 2.06 bits per heavy atom. The summed E-state index contributed by atoms with van der Waals surface area (Å²) in [6.07, 6.45) is 2.06. The fourth-order valence-electron chi connectivity index (χ4n) is 3.10. The number of nitrogens with zero attached hydrogens (tertiary/aromatic N) is 1. The summed E-state index contributed by atoms with van der Waals surface area (Å²) < 4.78 is 0. The summed E-state index contributed by atoms with van der Waals surface area (Å²) in [4.78, 5) is 35.6. The Morgan fingerprint density at radius 3 is 2.56 bits per heavy atom. The predicted molar refractivity (Wildman–Crippen MR) is 61.6 cm³/mol. The Kier molecular flexibility index (Phi) is 3.14. The molecule has 2 rings (SSSR count). The van der Waals surface area contributed by atoms with E-state index in [-0.39, 0.29) is 18.0 Å². The van der Waals surface area contributed by atoms with Crippen LogP contribution in [0.1, 0.15) is 26.2 Å². The third-order valence-electron chi connectivity index (χ3n) is 3.84. The van der Waals surface area contributed by atoms with Crippen LogP contribution in [0.4, 0.5) is 4.79 Å². The van der Waals surface area contributed by atoms with E-state index in [0.29, 0.717) is 6.42 Å². The zero-order chi connectivity index (χ0) is 13.4. The van der Waals surface area contributed by atoms with E-state index in [0.717, 1.165) is 12.8 Å². The fraction of sp³-hybridized carbons (Fsp3) is 0.727. The molecular formula is C11H17N3O4. The van der Waals surface area contributed by atoms with E-state index in [2.05, 4.69) is 5.32 Å². The molecule has 0 aromatic carbocycles. The van der Waals surface area contributed by atoms with Gasteiger partial charge in [0.1, 0.15) is 6.04 Å². The van der Waals surface area contributed by atoms with E-state index in [1.807, 2.05) is 0 Å². The van der Waals surface area contributed by atoms with Crippen molar-refractivity contribution >= 4 is 17.9 Å². The molecule has 4 atom stereocenters. The quantitative estimate of drug-likeness (QED) is 0.631. The monoisotopic (exact) mass is 255 g/mol. The molecule has 2 bridgehead atoms. The molecule has 7 heteroatoms. The van der Waals surface area contributed by atoms with Gasteiger partial charge in [0.2, 0.25) is 5.91 Å². The number of nitrogens with two attached hydrogens (primary N) is 1. The van der Waals surface area contributed by atoms with Crippen LogP contribution in [0.5, 0.6) is 0 Å². The topological polar surface area (TPSA) is 113 Å². The van der Waals surface area contributed by atoms with Gasteiger partial charge in [-0.25, -0.2) is 4.79 Å². The molecule has 4 unspecified atom stereocenters. The van der Waals surface area contributed by atoms with Gasteiger partial charge < -0.3 is 21.1 Å². The van der Waals surface area contributed by atoms with E-state index < -0.39 is 24.0 Å². The van der Waals surface area contributed by atoms with E-state index >= 15 is 0 Å². The molecule has 0 aromatic heterocycles. The lowest BCUT2D eigenvalue weighted by Gasteiger charge is -2.26. The molecule has 0 aliphatic carbocycles. The van der Waals surface area contributed by atoms with E-state index in [1.165, 1.54) is 0 Å². The molecule has 18 heavy (non-hydrogen) atoms. The second-order valence-electron chi connectivity index (χ2n) is 4.95. The summed E-state index contributed by atoms with van der Waals surface area (Å²) in [6, 6.07) is -1.71. The lowest BCUT2D eigenvalue weighted by Crippen LogP contribution is -2.50. The number of amides is 3. The first-order valence-electron chi connectivity index (χ1n) is 6.02. The van der Waals surface area contributed by atoms with Gasteiger partial charge in [0.25, 0.3) is 0 Å². The summed E-state index contributed by atoms with van der Waals surface area (Å²) in [5.74, 6) is -1.57. The molecular weight excluding hydrogens is 238 g/mol. The number of carboxylic acids is 1. The molecule has 0 aromatic rings. The van der Waals surface area contributed by atoms with E-state index in [1.54, 1.807) is 11.8 Å². The lowest BCUT2D eigenvalue weighted by atomic mass is 9.89. The molecule has 3 amide bonds. The van der Waals surface area contributed by atoms with Gasteiger partial charge in [0.15, 0.2) is 0 Å². The van der Waals surface area contributed by atoms with Gasteiger partial charge in [-0.05, 0) is 26.2 Å². The minimum absolute atomic E-state index is 0.0132. The summed E-state index contributed by atoms with van der Waals surface area (Å²) >= 11 is 0. The van der Waals surface area contributed by atoms with Crippen molar-refractivity contribution < 1.29 is 19.5 Å². The van der Waals surface area contributed by atoms with Crippen molar-refractivity contribution in [2.45, 2.75) is 44.3 Å². The molecule has 0 spiro atoms. The van der Waals surface area contributed by atoms with E-state index in [4.69, 9.17) is 10.8 Å². The SMILES string of the molecule is CC(NC(N)=O)C(=O)N1C2CCC1C(C(=O)O)C2. The van der Waals surface area contributed by atoms with Crippen LogP contribution in [-0.4, -0.2) is 46.0 Å². The van der Waals surface area contributed by atoms with Crippen LogP contribution in [0.2, 0.25) is 0 Å². The summed E-state index contributed by atoms with van der Waals surface area (Å²) in [5.41, 5.74) is 4.98. The number of urea groups is 1. The molecule has 2 aliphatic heterocycles. The fourth-order valence-corrected chi connectivity index (χ4v) is 3.10. The van der Waals surface area contributed by atoms with Gasteiger partial charge in [-0.2, -0.15) is 0 Å². The average molecular weight is 255 g/mol. The normalized spacial score (nSPS) is 31.2. The second kappa shape index (κ2) is 4.47. The van der Waals surface area contributed by atoms with Crippen LogP contribution in [0.3, 0.4) is 0 Å². The zero-order valence-corrected chi connectivity index (χ0v) is 10.1. The van der Waals surface area contributed by atoms with Crippen molar-refractivity contribution in [2.24, 2.45) is 11.7 Å². The second-order valence-corrected chi connectivity index (χ2v) is 4.95. The minimum Gasteiger partial charge on any atom is -0.481 e. The van der Waals surface area contributed by atoms with Crippen LogP contribution in [-0.2, 0) is 9.59 Å². The lowest BCUT2D eigenvalue weighted by molar-refractivity contribution is -0.143. The molecule has 100 valence electrons. The number of primary amides is 1. The predicted octanol–water partition coefficient (Wildman–Crippen LogP) is -0.493. The van der Waals surface area contributed by atoms with Crippen LogP contribution >= 0.6 is 0 Å². The van der Waals surface area contributed by atoms with Gasteiger partial charge in [-0.1, -0.05) is 0 Å². The molecule has 7 nitrogen and oxygen atoms in total. The van der Waals surface area contributed by atoms with Crippen molar-refractivity contribution in [1.29, 1.82) is 0 Å². The third kappa shape index (κ3) is 2.00. The maximum atomic E-state index is 12.2. The van der Waals surface area contributed by atoms with Crippen molar-refractivity contribution in [3.63, 3.8) is 0 Å². The van der Waals surface area contributed by atoms with Crippen LogP contribution < -0.4 is 11.1 Å². The highest BCUT2D eigenvalue weighted by Crippen LogP contribution is 2.42.